The van der Waals surface area contributed by atoms with Crippen molar-refractivity contribution in [2.45, 2.75) is 51.3 Å². The quantitative estimate of drug-likeness (QED) is 0.833. The zero-order valence-corrected chi connectivity index (χ0v) is 12.2. The van der Waals surface area contributed by atoms with Crippen molar-refractivity contribution in [2.75, 3.05) is 5.32 Å². The highest BCUT2D eigenvalue weighted by molar-refractivity contribution is 6.07. The van der Waals surface area contributed by atoms with Crippen LogP contribution in [0.5, 0.6) is 5.88 Å². The zero-order chi connectivity index (χ0) is 15.0. The van der Waals surface area contributed by atoms with Crippen LogP contribution in [0.2, 0.25) is 0 Å². The molecule has 1 unspecified atom stereocenters. The first-order valence-corrected chi connectivity index (χ1v) is 7.30. The molecule has 1 saturated heterocycles. The van der Waals surface area contributed by atoms with E-state index in [0.29, 0.717) is 11.6 Å². The number of imide groups is 1. The number of aromatic nitrogens is 1. The molecule has 1 saturated carbocycles. The third kappa shape index (κ3) is 2.84. The first kappa shape index (κ1) is 13.9. The predicted octanol–water partition coefficient (Wildman–Crippen LogP) is 1.57. The van der Waals surface area contributed by atoms with Gasteiger partial charge in [-0.1, -0.05) is 0 Å². The Morgan fingerprint density at radius 2 is 2.14 bits per heavy atom. The fourth-order valence-electron chi connectivity index (χ4n) is 2.49. The number of hydrogen-bond acceptors (Lipinski definition) is 5. The standard InChI is InChI=1S/C15H19N3O3/c1-9(2)21-14-11(4-3-7-16-14)17-12-8-13(19)18(15(12)20)10-5-6-10/h3-4,7,9-10,12,17H,5-6,8H2,1-2H3. The molecule has 2 aliphatic rings. The third-order valence-corrected chi connectivity index (χ3v) is 3.54. The summed E-state index contributed by atoms with van der Waals surface area (Å²) in [6.45, 7) is 3.83. The summed E-state index contributed by atoms with van der Waals surface area (Å²) in [6, 6.07) is 3.19. The van der Waals surface area contributed by atoms with Gasteiger partial charge in [-0.05, 0) is 38.8 Å². The van der Waals surface area contributed by atoms with Crippen LogP contribution in [0, 0.1) is 0 Å². The van der Waals surface area contributed by atoms with Crippen LogP contribution in [0.4, 0.5) is 5.69 Å². The van der Waals surface area contributed by atoms with Crippen LogP contribution in [-0.2, 0) is 9.59 Å². The van der Waals surface area contributed by atoms with Gasteiger partial charge in [-0.25, -0.2) is 4.98 Å². The van der Waals surface area contributed by atoms with Gasteiger partial charge in [0.1, 0.15) is 6.04 Å². The molecule has 1 aliphatic carbocycles. The minimum Gasteiger partial charge on any atom is -0.473 e. The van der Waals surface area contributed by atoms with Crippen LogP contribution in [0.1, 0.15) is 33.1 Å². The van der Waals surface area contributed by atoms with Crippen LogP contribution in [0.25, 0.3) is 0 Å². The van der Waals surface area contributed by atoms with E-state index in [1.807, 2.05) is 19.9 Å². The maximum Gasteiger partial charge on any atom is 0.252 e. The summed E-state index contributed by atoms with van der Waals surface area (Å²) in [6.07, 6.45) is 3.69. The van der Waals surface area contributed by atoms with Crippen LogP contribution in [0.15, 0.2) is 18.3 Å². The molecule has 2 amide bonds. The van der Waals surface area contributed by atoms with E-state index in [1.165, 1.54) is 4.90 Å². The minimum absolute atomic E-state index is 0.00989. The Bertz CT molecular complexity index is 569. The second-order valence-electron chi connectivity index (χ2n) is 5.76. The molecule has 1 atom stereocenters. The number of rotatable bonds is 5. The van der Waals surface area contributed by atoms with Crippen molar-refractivity contribution in [3.8, 4) is 5.88 Å². The van der Waals surface area contributed by atoms with Crippen molar-refractivity contribution in [3.63, 3.8) is 0 Å². The molecule has 2 heterocycles. The molecule has 2 fully saturated rings. The summed E-state index contributed by atoms with van der Waals surface area (Å²) in [7, 11) is 0. The summed E-state index contributed by atoms with van der Waals surface area (Å²) in [5.74, 6) is 0.231. The Kier molecular flexibility index (Phi) is 3.53. The van der Waals surface area contributed by atoms with Gasteiger partial charge in [0.2, 0.25) is 11.8 Å². The number of nitrogens with zero attached hydrogens (tertiary/aromatic N) is 2. The Balaban J connectivity index is 1.75. The van der Waals surface area contributed by atoms with Crippen molar-refractivity contribution < 1.29 is 14.3 Å². The van der Waals surface area contributed by atoms with Gasteiger partial charge in [-0.15, -0.1) is 0 Å². The van der Waals surface area contributed by atoms with Crippen molar-refractivity contribution in [2.24, 2.45) is 0 Å². The molecule has 0 spiro atoms. The van der Waals surface area contributed by atoms with Gasteiger partial charge in [0.05, 0.1) is 18.2 Å². The highest BCUT2D eigenvalue weighted by atomic mass is 16.5. The Labute approximate surface area is 123 Å². The van der Waals surface area contributed by atoms with E-state index < -0.39 is 6.04 Å². The van der Waals surface area contributed by atoms with Crippen LogP contribution in [-0.4, -0.2) is 39.9 Å². The van der Waals surface area contributed by atoms with E-state index in [2.05, 4.69) is 10.3 Å². The molecule has 1 N–H and O–H groups in total. The molecule has 3 rings (SSSR count). The van der Waals surface area contributed by atoms with Gasteiger partial charge in [0.15, 0.2) is 0 Å². The Morgan fingerprint density at radius 1 is 1.38 bits per heavy atom. The van der Waals surface area contributed by atoms with E-state index in [9.17, 15) is 9.59 Å². The second kappa shape index (κ2) is 5.35. The van der Waals surface area contributed by atoms with Crippen molar-refractivity contribution in [1.29, 1.82) is 0 Å². The number of carbonyl (C=O) groups is 2. The lowest BCUT2D eigenvalue weighted by Gasteiger charge is -2.17. The van der Waals surface area contributed by atoms with E-state index >= 15 is 0 Å². The molecule has 0 bridgehead atoms. The summed E-state index contributed by atoms with van der Waals surface area (Å²) < 4.78 is 5.62. The van der Waals surface area contributed by atoms with E-state index in [-0.39, 0.29) is 30.4 Å². The molecule has 21 heavy (non-hydrogen) atoms. The number of amides is 2. The van der Waals surface area contributed by atoms with Crippen LogP contribution < -0.4 is 10.1 Å². The molecular formula is C15H19N3O3. The van der Waals surface area contributed by atoms with Crippen molar-refractivity contribution in [1.82, 2.24) is 9.88 Å². The molecular weight excluding hydrogens is 270 g/mol. The predicted molar refractivity (Wildman–Crippen MR) is 76.9 cm³/mol. The molecule has 1 aliphatic heterocycles. The highest BCUT2D eigenvalue weighted by Gasteiger charge is 2.46. The largest absolute Gasteiger partial charge is 0.473 e. The van der Waals surface area contributed by atoms with Crippen LogP contribution >= 0.6 is 0 Å². The van der Waals surface area contributed by atoms with Gasteiger partial charge in [-0.3, -0.25) is 14.5 Å². The molecule has 6 nitrogen and oxygen atoms in total. The van der Waals surface area contributed by atoms with Gasteiger partial charge >= 0.3 is 0 Å². The summed E-state index contributed by atoms with van der Waals surface area (Å²) in [5.41, 5.74) is 0.648. The van der Waals surface area contributed by atoms with Crippen molar-refractivity contribution >= 4 is 17.5 Å². The van der Waals surface area contributed by atoms with Gasteiger partial charge < -0.3 is 10.1 Å². The lowest BCUT2D eigenvalue weighted by Crippen LogP contribution is -2.36. The summed E-state index contributed by atoms with van der Waals surface area (Å²) >= 11 is 0. The van der Waals surface area contributed by atoms with E-state index in [1.54, 1.807) is 12.3 Å². The lowest BCUT2D eigenvalue weighted by atomic mass is 10.2. The summed E-state index contributed by atoms with van der Waals surface area (Å²) in [5, 5.41) is 3.11. The van der Waals surface area contributed by atoms with Crippen molar-refractivity contribution in [3.05, 3.63) is 18.3 Å². The smallest absolute Gasteiger partial charge is 0.252 e. The van der Waals surface area contributed by atoms with Gasteiger partial charge in [-0.2, -0.15) is 0 Å². The zero-order valence-electron chi connectivity index (χ0n) is 12.2. The number of likely N-dealkylation sites (tertiary alicyclic amines) is 1. The number of hydrogen-bond donors (Lipinski definition) is 1. The average Bonchev–Trinajstić information content (AvgIpc) is 3.20. The number of carbonyl (C=O) groups excluding carboxylic acids is 2. The SMILES string of the molecule is CC(C)Oc1ncccc1NC1CC(=O)N(C2CC2)C1=O. The topological polar surface area (TPSA) is 71.5 Å². The highest BCUT2D eigenvalue weighted by Crippen LogP contribution is 2.33. The first-order chi connectivity index (χ1) is 10.1. The molecule has 0 radical (unpaired) electrons. The van der Waals surface area contributed by atoms with Gasteiger partial charge in [0.25, 0.3) is 5.91 Å². The Morgan fingerprint density at radius 3 is 2.81 bits per heavy atom. The Hall–Kier alpha value is -2.11. The number of nitrogens with one attached hydrogen (secondary N) is 1. The summed E-state index contributed by atoms with van der Waals surface area (Å²) in [4.78, 5) is 29.9. The number of ether oxygens (including phenoxy) is 1. The number of pyridine rings is 1. The molecule has 6 heteroatoms. The van der Waals surface area contributed by atoms with E-state index in [4.69, 9.17) is 4.74 Å². The molecule has 112 valence electrons. The van der Waals surface area contributed by atoms with Crippen LogP contribution in [0.3, 0.4) is 0 Å². The molecule has 1 aromatic heterocycles. The van der Waals surface area contributed by atoms with E-state index in [0.717, 1.165) is 12.8 Å². The molecule has 1 aromatic rings. The average molecular weight is 289 g/mol. The maximum absolute atomic E-state index is 12.3. The number of anilines is 1. The maximum atomic E-state index is 12.3. The second-order valence-corrected chi connectivity index (χ2v) is 5.76. The van der Waals surface area contributed by atoms with Gasteiger partial charge in [0, 0.05) is 12.2 Å². The minimum atomic E-state index is -0.517. The lowest BCUT2D eigenvalue weighted by molar-refractivity contribution is -0.139. The fourth-order valence-corrected chi connectivity index (χ4v) is 2.49. The first-order valence-electron chi connectivity index (χ1n) is 7.30. The fraction of sp³-hybridized carbons (Fsp3) is 0.533. The third-order valence-electron chi connectivity index (χ3n) is 3.54. The monoisotopic (exact) mass is 289 g/mol. The molecule has 0 aromatic carbocycles. The normalized spacial score (nSPS) is 22.0.